The molecule has 1 aliphatic rings. The number of ether oxygens (including phenoxy) is 2. The summed E-state index contributed by atoms with van der Waals surface area (Å²) in [4.78, 5) is 11.9. The molecule has 1 fully saturated rings. The number of methoxy groups -OCH3 is 1. The molecule has 23 heavy (non-hydrogen) atoms. The molecule has 8 nitrogen and oxygen atoms in total. The molecule has 1 atom stereocenters. The maximum absolute atomic E-state index is 8.06. The molecule has 0 amide bonds. The number of fused-ring (bicyclic) bond motifs is 1. The third-order valence-electron chi connectivity index (χ3n) is 2.90. The van der Waals surface area contributed by atoms with E-state index in [4.69, 9.17) is 20.3 Å². The highest BCUT2D eigenvalue weighted by Crippen LogP contribution is 2.12. The molecule has 3 N–H and O–H groups in total. The van der Waals surface area contributed by atoms with Gasteiger partial charge in [-0.1, -0.05) is 0 Å². The Balaban J connectivity index is 0.000000194. The van der Waals surface area contributed by atoms with Gasteiger partial charge in [0.05, 0.1) is 19.0 Å². The Morgan fingerprint density at radius 2 is 2.13 bits per heavy atom. The van der Waals surface area contributed by atoms with Crippen molar-refractivity contribution >= 4 is 17.0 Å². The normalized spacial score (nSPS) is 16.7. The predicted molar refractivity (Wildman–Crippen MR) is 88.9 cm³/mol. The van der Waals surface area contributed by atoms with Crippen molar-refractivity contribution in [3.8, 4) is 0 Å². The third kappa shape index (κ3) is 6.89. The number of aryl methyl sites for hydroxylation is 1. The smallest absolute Gasteiger partial charge is 0.165 e. The molecule has 8 heteroatoms. The van der Waals surface area contributed by atoms with Crippen LogP contribution in [0.1, 0.15) is 26.7 Å². The molecule has 3 heterocycles. The van der Waals surface area contributed by atoms with Crippen LogP contribution in [0.5, 0.6) is 0 Å². The number of nitrogens with two attached hydrogens (primary N) is 1. The number of imidazole rings is 1. The summed E-state index contributed by atoms with van der Waals surface area (Å²) >= 11 is 0. The van der Waals surface area contributed by atoms with Crippen molar-refractivity contribution in [2.45, 2.75) is 38.9 Å². The van der Waals surface area contributed by atoms with Crippen LogP contribution in [-0.2, 0) is 16.5 Å². The molecule has 3 rings (SSSR count). The molecule has 2 aromatic rings. The number of aliphatic hydroxyl groups excluding tert-OH is 1. The van der Waals surface area contributed by atoms with Crippen molar-refractivity contribution < 1.29 is 14.6 Å². The van der Waals surface area contributed by atoms with Gasteiger partial charge in [0.25, 0.3) is 0 Å². The van der Waals surface area contributed by atoms with Gasteiger partial charge in [-0.05, 0) is 26.7 Å². The predicted octanol–water partition coefficient (Wildman–Crippen LogP) is 1.14. The Hall–Kier alpha value is -1.77. The van der Waals surface area contributed by atoms with Crippen LogP contribution in [0, 0.1) is 0 Å². The van der Waals surface area contributed by atoms with Crippen molar-refractivity contribution in [1.29, 1.82) is 0 Å². The lowest BCUT2D eigenvalue weighted by Crippen LogP contribution is -2.11. The van der Waals surface area contributed by atoms with Gasteiger partial charge in [-0.25, -0.2) is 15.0 Å². The van der Waals surface area contributed by atoms with E-state index in [-0.39, 0.29) is 6.10 Å². The van der Waals surface area contributed by atoms with E-state index in [9.17, 15) is 0 Å². The SMILES string of the molecule is CC(C)O.COCC1CCCO1.Cn1cnc2c(N)ncnc21. The molecular formula is C15H27N5O3. The van der Waals surface area contributed by atoms with Crippen molar-refractivity contribution in [3.05, 3.63) is 12.7 Å². The molecule has 0 saturated carbocycles. The summed E-state index contributed by atoms with van der Waals surface area (Å²) in [7, 11) is 3.57. The van der Waals surface area contributed by atoms with Gasteiger partial charge < -0.3 is 24.9 Å². The molecular weight excluding hydrogens is 298 g/mol. The number of aromatic nitrogens is 4. The van der Waals surface area contributed by atoms with Gasteiger partial charge in [-0.3, -0.25) is 0 Å². The number of rotatable bonds is 2. The fourth-order valence-electron chi connectivity index (χ4n) is 1.93. The molecule has 0 spiro atoms. The Labute approximate surface area is 136 Å². The van der Waals surface area contributed by atoms with Gasteiger partial charge in [0.15, 0.2) is 11.5 Å². The molecule has 0 bridgehead atoms. The summed E-state index contributed by atoms with van der Waals surface area (Å²) < 4.78 is 12.0. The molecule has 1 unspecified atom stereocenters. The zero-order valence-corrected chi connectivity index (χ0v) is 14.3. The summed E-state index contributed by atoms with van der Waals surface area (Å²) in [5, 5.41) is 8.06. The van der Waals surface area contributed by atoms with Crippen LogP contribution in [0.3, 0.4) is 0 Å². The third-order valence-corrected chi connectivity index (χ3v) is 2.90. The molecule has 1 aliphatic heterocycles. The number of hydrogen-bond acceptors (Lipinski definition) is 7. The largest absolute Gasteiger partial charge is 0.394 e. The standard InChI is InChI=1S/C6H7N5.C6H12O2.C3H8O/c1-11-3-10-4-5(7)8-2-9-6(4)11;1-7-5-6-3-2-4-8-6;1-3(2)4/h2-3H,1H3,(H2,7,8,9);6H,2-5H2,1H3;3-4H,1-2H3. The molecule has 0 aromatic carbocycles. The fourth-order valence-corrected chi connectivity index (χ4v) is 1.93. The lowest BCUT2D eigenvalue weighted by molar-refractivity contribution is 0.0380. The van der Waals surface area contributed by atoms with Crippen LogP contribution >= 0.6 is 0 Å². The first-order chi connectivity index (χ1) is 11.0. The highest BCUT2D eigenvalue weighted by atomic mass is 16.5. The van der Waals surface area contributed by atoms with Crippen LogP contribution in [0.15, 0.2) is 12.7 Å². The van der Waals surface area contributed by atoms with Gasteiger partial charge in [-0.2, -0.15) is 0 Å². The van der Waals surface area contributed by atoms with E-state index in [1.807, 2.05) is 7.05 Å². The minimum Gasteiger partial charge on any atom is -0.394 e. The van der Waals surface area contributed by atoms with Crippen molar-refractivity contribution in [3.63, 3.8) is 0 Å². The van der Waals surface area contributed by atoms with E-state index in [0.29, 0.717) is 17.4 Å². The van der Waals surface area contributed by atoms with Gasteiger partial charge >= 0.3 is 0 Å². The van der Waals surface area contributed by atoms with Crippen LogP contribution in [-0.4, -0.2) is 57.2 Å². The van der Waals surface area contributed by atoms with Crippen molar-refractivity contribution in [2.24, 2.45) is 7.05 Å². The highest BCUT2D eigenvalue weighted by Gasteiger charge is 2.13. The highest BCUT2D eigenvalue weighted by molar-refractivity contribution is 5.80. The monoisotopic (exact) mass is 325 g/mol. The minimum atomic E-state index is -0.167. The summed E-state index contributed by atoms with van der Waals surface area (Å²) in [6.07, 6.45) is 5.69. The summed E-state index contributed by atoms with van der Waals surface area (Å²) in [5.41, 5.74) is 6.97. The number of nitrogen functional groups attached to an aromatic ring is 1. The Kier molecular flexibility index (Phi) is 8.46. The Morgan fingerprint density at radius 3 is 2.65 bits per heavy atom. The molecule has 130 valence electrons. The number of hydrogen-bond donors (Lipinski definition) is 2. The Bertz CT molecular complexity index is 564. The molecule has 2 aromatic heterocycles. The second-order valence-corrected chi connectivity index (χ2v) is 5.47. The fraction of sp³-hybridized carbons (Fsp3) is 0.667. The zero-order chi connectivity index (χ0) is 17.2. The van der Waals surface area contributed by atoms with E-state index >= 15 is 0 Å². The topological polar surface area (TPSA) is 108 Å². The van der Waals surface area contributed by atoms with E-state index < -0.39 is 0 Å². The average molecular weight is 325 g/mol. The first-order valence-corrected chi connectivity index (χ1v) is 7.61. The molecule has 0 aliphatic carbocycles. The summed E-state index contributed by atoms with van der Waals surface area (Å²) in [6, 6.07) is 0. The molecule has 1 saturated heterocycles. The number of anilines is 1. The first-order valence-electron chi connectivity index (χ1n) is 7.61. The average Bonchev–Trinajstić information content (AvgIpc) is 3.11. The summed E-state index contributed by atoms with van der Waals surface area (Å²) in [6.45, 7) is 5.13. The first kappa shape index (κ1) is 19.3. The lowest BCUT2D eigenvalue weighted by Gasteiger charge is -2.05. The van der Waals surface area contributed by atoms with Crippen molar-refractivity contribution in [2.75, 3.05) is 26.1 Å². The molecule has 0 radical (unpaired) electrons. The quantitative estimate of drug-likeness (QED) is 0.852. The van der Waals surface area contributed by atoms with Crippen LogP contribution < -0.4 is 5.73 Å². The van der Waals surface area contributed by atoms with E-state index in [1.165, 1.54) is 19.2 Å². The van der Waals surface area contributed by atoms with Gasteiger partial charge in [0, 0.05) is 26.9 Å². The van der Waals surface area contributed by atoms with E-state index in [2.05, 4.69) is 15.0 Å². The Morgan fingerprint density at radius 1 is 1.43 bits per heavy atom. The maximum Gasteiger partial charge on any atom is 0.165 e. The minimum absolute atomic E-state index is 0.167. The van der Waals surface area contributed by atoms with Gasteiger partial charge in [0.1, 0.15) is 11.8 Å². The summed E-state index contributed by atoms with van der Waals surface area (Å²) in [5.74, 6) is 0.426. The van der Waals surface area contributed by atoms with Gasteiger partial charge in [-0.15, -0.1) is 0 Å². The van der Waals surface area contributed by atoms with Crippen LogP contribution in [0.2, 0.25) is 0 Å². The lowest BCUT2D eigenvalue weighted by atomic mass is 10.2. The van der Waals surface area contributed by atoms with E-state index in [0.717, 1.165) is 18.9 Å². The second kappa shape index (κ2) is 10.1. The van der Waals surface area contributed by atoms with Crippen molar-refractivity contribution in [1.82, 2.24) is 19.5 Å². The number of nitrogens with zero attached hydrogens (tertiary/aromatic N) is 4. The van der Waals surface area contributed by atoms with E-state index in [1.54, 1.807) is 31.9 Å². The zero-order valence-electron chi connectivity index (χ0n) is 14.3. The maximum atomic E-state index is 8.06. The number of aliphatic hydroxyl groups is 1. The van der Waals surface area contributed by atoms with Crippen LogP contribution in [0.4, 0.5) is 5.82 Å². The van der Waals surface area contributed by atoms with Crippen LogP contribution in [0.25, 0.3) is 11.2 Å². The second-order valence-electron chi connectivity index (χ2n) is 5.47. The van der Waals surface area contributed by atoms with Gasteiger partial charge in [0.2, 0.25) is 0 Å².